The molecule has 1 amide bonds. The van der Waals surface area contributed by atoms with Crippen LogP contribution in [0.25, 0.3) is 11.0 Å². The molecule has 0 aromatic carbocycles. The van der Waals surface area contributed by atoms with Gasteiger partial charge in [0.05, 0.1) is 25.2 Å². The molecule has 3 atom stereocenters. The number of anilines is 1. The lowest BCUT2D eigenvalue weighted by Gasteiger charge is -2.15. The number of ether oxygens (including phenoxy) is 2. The number of aliphatic hydroxyl groups excluding tert-OH is 2. The van der Waals surface area contributed by atoms with Crippen molar-refractivity contribution in [1.82, 2.24) is 14.5 Å². The number of rotatable bonds is 5. The van der Waals surface area contributed by atoms with Crippen LogP contribution in [0.4, 0.5) is 5.95 Å². The first-order valence-corrected chi connectivity index (χ1v) is 6.75. The highest BCUT2D eigenvalue weighted by molar-refractivity contribution is 5.84. The van der Waals surface area contributed by atoms with Crippen LogP contribution in [0, 0.1) is 0 Å². The Bertz CT molecular complexity index is 688. The highest BCUT2D eigenvalue weighted by Crippen LogP contribution is 2.33. The molecule has 3 heterocycles. The zero-order chi connectivity index (χ0) is 15.7. The maximum absolute atomic E-state index is 10.6. The molecular weight excluding hydrogens is 292 g/mol. The van der Waals surface area contributed by atoms with Crippen molar-refractivity contribution in [1.29, 1.82) is 0 Å². The second kappa shape index (κ2) is 5.87. The van der Waals surface area contributed by atoms with Crippen molar-refractivity contribution in [2.24, 2.45) is 0 Å². The molecule has 0 spiro atoms. The van der Waals surface area contributed by atoms with Crippen molar-refractivity contribution in [2.75, 3.05) is 19.0 Å². The maximum atomic E-state index is 10.6. The predicted octanol–water partition coefficient (Wildman–Crippen LogP) is -0.351. The van der Waals surface area contributed by atoms with Gasteiger partial charge in [-0.05, 0) is 6.07 Å². The molecule has 0 aliphatic carbocycles. The van der Waals surface area contributed by atoms with E-state index in [-0.39, 0.29) is 12.6 Å². The third kappa shape index (κ3) is 2.39. The molecule has 1 saturated heterocycles. The molecule has 3 rings (SSSR count). The Labute approximate surface area is 125 Å². The molecule has 22 heavy (non-hydrogen) atoms. The number of nitrogens with zero attached hydrogens (tertiary/aromatic N) is 3. The third-order valence-corrected chi connectivity index (χ3v) is 3.61. The van der Waals surface area contributed by atoms with Gasteiger partial charge in [0.2, 0.25) is 18.2 Å². The molecule has 9 heteroatoms. The summed E-state index contributed by atoms with van der Waals surface area (Å²) in [6.45, 7) is -0.257. The third-order valence-electron chi connectivity index (χ3n) is 3.61. The standard InChI is InChI=1S/C13H16N4O5/c1-21-12-7-2-3-17(10-4-8(20)9(5-18)22-10)11(7)15-13(16-12)14-6-19/h2-3,6,8-10,18,20H,4-5H2,1H3,(H,14,15,16,19)/t8-,9+,10+/m0/s1. The molecule has 1 fully saturated rings. The summed E-state index contributed by atoms with van der Waals surface area (Å²) in [5.74, 6) is 0.432. The van der Waals surface area contributed by atoms with E-state index >= 15 is 0 Å². The Balaban J connectivity index is 2.03. The topological polar surface area (TPSA) is 119 Å². The number of amides is 1. The Morgan fingerprint density at radius 2 is 2.41 bits per heavy atom. The Morgan fingerprint density at radius 3 is 3.05 bits per heavy atom. The van der Waals surface area contributed by atoms with Crippen LogP contribution in [0.2, 0.25) is 0 Å². The number of carbonyl (C=O) groups excluding carboxylic acids is 1. The first-order valence-electron chi connectivity index (χ1n) is 6.75. The molecule has 1 aliphatic heterocycles. The highest BCUT2D eigenvalue weighted by atomic mass is 16.5. The van der Waals surface area contributed by atoms with E-state index in [1.54, 1.807) is 16.8 Å². The van der Waals surface area contributed by atoms with Crippen LogP contribution in [-0.2, 0) is 9.53 Å². The quantitative estimate of drug-likeness (QED) is 0.646. The first kappa shape index (κ1) is 14.7. The monoisotopic (exact) mass is 308 g/mol. The summed E-state index contributed by atoms with van der Waals surface area (Å²) < 4.78 is 12.5. The van der Waals surface area contributed by atoms with Crippen LogP contribution >= 0.6 is 0 Å². The minimum atomic E-state index is -0.747. The zero-order valence-electron chi connectivity index (χ0n) is 11.8. The van der Waals surface area contributed by atoms with Gasteiger partial charge in [0.1, 0.15) is 12.3 Å². The van der Waals surface area contributed by atoms with Crippen LogP contribution in [0.1, 0.15) is 12.6 Å². The van der Waals surface area contributed by atoms with Gasteiger partial charge in [0.15, 0.2) is 5.65 Å². The lowest BCUT2D eigenvalue weighted by atomic mass is 10.2. The van der Waals surface area contributed by atoms with Crippen molar-refractivity contribution in [3.8, 4) is 5.88 Å². The summed E-state index contributed by atoms with van der Waals surface area (Å²) in [5, 5.41) is 22.1. The van der Waals surface area contributed by atoms with Crippen LogP contribution in [0.3, 0.4) is 0 Å². The van der Waals surface area contributed by atoms with E-state index in [4.69, 9.17) is 9.47 Å². The molecule has 2 aromatic heterocycles. The Morgan fingerprint density at radius 1 is 1.59 bits per heavy atom. The number of nitrogens with one attached hydrogen (secondary N) is 1. The van der Waals surface area contributed by atoms with Gasteiger partial charge >= 0.3 is 0 Å². The van der Waals surface area contributed by atoms with Crippen LogP contribution < -0.4 is 10.1 Å². The molecular formula is C13H16N4O5. The molecule has 2 aromatic rings. The smallest absolute Gasteiger partial charge is 0.234 e. The second-order valence-corrected chi connectivity index (χ2v) is 4.89. The van der Waals surface area contributed by atoms with Crippen LogP contribution in [0.15, 0.2) is 12.3 Å². The van der Waals surface area contributed by atoms with Gasteiger partial charge in [-0.2, -0.15) is 9.97 Å². The van der Waals surface area contributed by atoms with Gasteiger partial charge in [-0.3, -0.25) is 10.1 Å². The van der Waals surface area contributed by atoms with Gasteiger partial charge in [-0.15, -0.1) is 0 Å². The maximum Gasteiger partial charge on any atom is 0.234 e. The summed E-state index contributed by atoms with van der Waals surface area (Å²) in [6.07, 6.45) is 0.711. The van der Waals surface area contributed by atoms with E-state index in [1.165, 1.54) is 7.11 Å². The fourth-order valence-electron chi connectivity index (χ4n) is 2.56. The molecule has 0 unspecified atom stereocenters. The molecule has 0 bridgehead atoms. The van der Waals surface area contributed by atoms with Gasteiger partial charge in [0.25, 0.3) is 0 Å². The number of carbonyl (C=O) groups is 1. The highest BCUT2D eigenvalue weighted by Gasteiger charge is 2.35. The normalized spacial score (nSPS) is 24.6. The van der Waals surface area contributed by atoms with E-state index < -0.39 is 18.4 Å². The van der Waals surface area contributed by atoms with E-state index in [1.807, 2.05) is 0 Å². The van der Waals surface area contributed by atoms with E-state index in [0.29, 0.717) is 29.7 Å². The number of hydrogen-bond donors (Lipinski definition) is 3. The Kier molecular flexibility index (Phi) is 3.92. The predicted molar refractivity (Wildman–Crippen MR) is 75.4 cm³/mol. The van der Waals surface area contributed by atoms with Gasteiger partial charge in [-0.1, -0.05) is 0 Å². The fourth-order valence-corrected chi connectivity index (χ4v) is 2.56. The Hall–Kier alpha value is -2.23. The van der Waals surface area contributed by atoms with E-state index in [9.17, 15) is 15.0 Å². The summed E-state index contributed by atoms with van der Waals surface area (Å²) in [6, 6.07) is 1.76. The molecule has 118 valence electrons. The summed E-state index contributed by atoms with van der Waals surface area (Å²) in [5.41, 5.74) is 0.506. The molecule has 9 nitrogen and oxygen atoms in total. The van der Waals surface area contributed by atoms with E-state index in [2.05, 4.69) is 15.3 Å². The number of aliphatic hydroxyl groups is 2. The lowest BCUT2D eigenvalue weighted by molar-refractivity contribution is -0.105. The SMILES string of the molecule is COc1nc(NC=O)nc2c1ccn2[C@H]1C[C@H](O)[C@@H](CO)O1. The van der Waals surface area contributed by atoms with Crippen LogP contribution in [-0.4, -0.2) is 57.1 Å². The van der Waals surface area contributed by atoms with Gasteiger partial charge in [-0.25, -0.2) is 0 Å². The molecule has 1 aliphatic rings. The van der Waals surface area contributed by atoms with Crippen molar-refractivity contribution in [3.05, 3.63) is 12.3 Å². The summed E-state index contributed by atoms with van der Waals surface area (Å²) >= 11 is 0. The minimum absolute atomic E-state index is 0.108. The fraction of sp³-hybridized carbons (Fsp3) is 0.462. The first-order chi connectivity index (χ1) is 10.7. The number of hydrogen-bond acceptors (Lipinski definition) is 7. The van der Waals surface area contributed by atoms with Crippen molar-refractivity contribution < 1.29 is 24.5 Å². The zero-order valence-corrected chi connectivity index (χ0v) is 11.8. The average molecular weight is 308 g/mol. The van der Waals surface area contributed by atoms with E-state index in [0.717, 1.165) is 0 Å². The average Bonchev–Trinajstić information content (AvgIpc) is 3.09. The van der Waals surface area contributed by atoms with Crippen molar-refractivity contribution in [2.45, 2.75) is 24.9 Å². The summed E-state index contributed by atoms with van der Waals surface area (Å²) in [7, 11) is 1.47. The van der Waals surface area contributed by atoms with Gasteiger partial charge < -0.3 is 24.3 Å². The summed E-state index contributed by atoms with van der Waals surface area (Å²) in [4.78, 5) is 18.9. The molecule has 0 saturated carbocycles. The van der Waals surface area contributed by atoms with Gasteiger partial charge in [0, 0.05) is 12.6 Å². The molecule has 0 radical (unpaired) electrons. The largest absolute Gasteiger partial charge is 0.480 e. The second-order valence-electron chi connectivity index (χ2n) is 4.89. The number of fused-ring (bicyclic) bond motifs is 1. The van der Waals surface area contributed by atoms with Crippen molar-refractivity contribution >= 4 is 23.4 Å². The van der Waals surface area contributed by atoms with Crippen LogP contribution in [0.5, 0.6) is 5.88 Å². The molecule has 3 N–H and O–H groups in total. The number of methoxy groups -OCH3 is 1. The number of aromatic nitrogens is 3. The van der Waals surface area contributed by atoms with Crippen molar-refractivity contribution in [3.63, 3.8) is 0 Å². The minimum Gasteiger partial charge on any atom is -0.480 e. The lowest BCUT2D eigenvalue weighted by Crippen LogP contribution is -2.24.